The fourth-order valence-electron chi connectivity index (χ4n) is 1.32. The zero-order valence-electron chi connectivity index (χ0n) is 9.06. The highest BCUT2D eigenvalue weighted by atomic mass is 32.1. The zero-order chi connectivity index (χ0) is 11.1. The third-order valence-electron chi connectivity index (χ3n) is 2.05. The summed E-state index contributed by atoms with van der Waals surface area (Å²) < 4.78 is 10.5. The molecule has 0 bridgehead atoms. The van der Waals surface area contributed by atoms with Crippen LogP contribution in [0, 0.1) is 0 Å². The molecule has 15 heavy (non-hydrogen) atoms. The maximum absolute atomic E-state index is 5.27. The number of hydrogen-bond acceptors (Lipinski definition) is 3. The second-order valence-electron chi connectivity index (χ2n) is 2.99. The predicted octanol–water partition coefficient (Wildman–Crippen LogP) is 3.04. The molecule has 1 rings (SSSR count). The summed E-state index contributed by atoms with van der Waals surface area (Å²) in [5.74, 6) is 2.49. The van der Waals surface area contributed by atoms with Gasteiger partial charge in [-0.3, -0.25) is 0 Å². The van der Waals surface area contributed by atoms with Gasteiger partial charge in [-0.1, -0.05) is 18.2 Å². The van der Waals surface area contributed by atoms with E-state index in [-0.39, 0.29) is 0 Å². The molecule has 0 heterocycles. The van der Waals surface area contributed by atoms with Crippen LogP contribution in [0.2, 0.25) is 0 Å². The zero-order valence-corrected chi connectivity index (χ0v) is 9.96. The largest absolute Gasteiger partial charge is 0.496 e. The second kappa shape index (κ2) is 6.40. The van der Waals surface area contributed by atoms with Gasteiger partial charge in [0.2, 0.25) is 0 Å². The summed E-state index contributed by atoms with van der Waals surface area (Å²) in [6, 6.07) is 5.75. The fourth-order valence-corrected chi connectivity index (χ4v) is 1.47. The molecular formula is C12H16O2S. The third-order valence-corrected chi connectivity index (χ3v) is 2.30. The maximum Gasteiger partial charge on any atom is 0.129 e. The topological polar surface area (TPSA) is 18.5 Å². The standard InChI is InChI=1S/C12H16O2S/c1-13-11-7-5-8-12(14-2)10(11)6-3-4-9-15/h3,5-8,15H,4,9H2,1-2H3. The van der Waals surface area contributed by atoms with Gasteiger partial charge in [-0.05, 0) is 24.3 Å². The van der Waals surface area contributed by atoms with Crippen LogP contribution in [0.15, 0.2) is 24.3 Å². The Balaban J connectivity index is 2.99. The van der Waals surface area contributed by atoms with E-state index in [0.29, 0.717) is 0 Å². The van der Waals surface area contributed by atoms with Gasteiger partial charge in [0.1, 0.15) is 11.5 Å². The van der Waals surface area contributed by atoms with Gasteiger partial charge in [0.05, 0.1) is 19.8 Å². The van der Waals surface area contributed by atoms with Crippen LogP contribution >= 0.6 is 12.6 Å². The smallest absolute Gasteiger partial charge is 0.129 e. The molecule has 1 aromatic rings. The number of thiol groups is 1. The molecule has 0 aliphatic rings. The van der Waals surface area contributed by atoms with Crippen molar-refractivity contribution in [3.05, 3.63) is 29.8 Å². The summed E-state index contributed by atoms with van der Waals surface area (Å²) in [4.78, 5) is 0. The van der Waals surface area contributed by atoms with E-state index in [0.717, 1.165) is 29.2 Å². The van der Waals surface area contributed by atoms with Crippen LogP contribution in [0.25, 0.3) is 6.08 Å². The van der Waals surface area contributed by atoms with Gasteiger partial charge < -0.3 is 9.47 Å². The predicted molar refractivity (Wildman–Crippen MR) is 67.1 cm³/mol. The van der Waals surface area contributed by atoms with Crippen LogP contribution in [0.4, 0.5) is 0 Å². The highest BCUT2D eigenvalue weighted by Crippen LogP contribution is 2.29. The molecular weight excluding hydrogens is 208 g/mol. The Labute approximate surface area is 96.3 Å². The van der Waals surface area contributed by atoms with Crippen molar-refractivity contribution in [2.45, 2.75) is 6.42 Å². The Bertz CT molecular complexity index is 312. The maximum atomic E-state index is 5.27. The number of methoxy groups -OCH3 is 2. The first-order chi connectivity index (χ1) is 7.33. The monoisotopic (exact) mass is 224 g/mol. The lowest BCUT2D eigenvalue weighted by Crippen LogP contribution is -1.91. The van der Waals surface area contributed by atoms with Gasteiger partial charge >= 0.3 is 0 Å². The molecule has 3 heteroatoms. The lowest BCUT2D eigenvalue weighted by molar-refractivity contribution is 0.392. The highest BCUT2D eigenvalue weighted by Gasteiger charge is 2.05. The Morgan fingerprint density at radius 1 is 1.20 bits per heavy atom. The van der Waals surface area contributed by atoms with Gasteiger partial charge in [-0.15, -0.1) is 0 Å². The number of allylic oxidation sites excluding steroid dienone is 1. The van der Waals surface area contributed by atoms with Crippen molar-refractivity contribution in [2.24, 2.45) is 0 Å². The lowest BCUT2D eigenvalue weighted by Gasteiger charge is -2.09. The molecule has 0 saturated carbocycles. The van der Waals surface area contributed by atoms with E-state index >= 15 is 0 Å². The van der Waals surface area contributed by atoms with Crippen molar-refractivity contribution in [3.8, 4) is 11.5 Å². The van der Waals surface area contributed by atoms with Gasteiger partial charge in [0.25, 0.3) is 0 Å². The van der Waals surface area contributed by atoms with Gasteiger partial charge in [-0.2, -0.15) is 12.6 Å². The van der Waals surface area contributed by atoms with Gasteiger partial charge in [0.15, 0.2) is 0 Å². The first-order valence-electron chi connectivity index (χ1n) is 4.82. The van der Waals surface area contributed by atoms with E-state index in [1.54, 1.807) is 14.2 Å². The molecule has 0 atom stereocenters. The average Bonchev–Trinajstić information content (AvgIpc) is 2.29. The summed E-state index contributed by atoms with van der Waals surface area (Å²) in [6.07, 6.45) is 5.01. The van der Waals surface area contributed by atoms with Crippen molar-refractivity contribution >= 4 is 18.7 Å². The first kappa shape index (κ1) is 12.0. The summed E-state index contributed by atoms with van der Waals surface area (Å²) in [6.45, 7) is 0. The van der Waals surface area contributed by atoms with E-state index < -0.39 is 0 Å². The molecule has 0 saturated heterocycles. The number of ether oxygens (including phenoxy) is 2. The number of rotatable bonds is 5. The van der Waals surface area contributed by atoms with Crippen molar-refractivity contribution in [3.63, 3.8) is 0 Å². The molecule has 82 valence electrons. The molecule has 0 spiro atoms. The van der Waals surface area contributed by atoms with Crippen LogP contribution < -0.4 is 9.47 Å². The highest BCUT2D eigenvalue weighted by molar-refractivity contribution is 7.80. The van der Waals surface area contributed by atoms with Crippen LogP contribution in [0.1, 0.15) is 12.0 Å². The summed E-state index contributed by atoms with van der Waals surface area (Å²) in [5.41, 5.74) is 0.976. The van der Waals surface area contributed by atoms with Crippen molar-refractivity contribution in [2.75, 3.05) is 20.0 Å². The van der Waals surface area contributed by atoms with E-state index in [2.05, 4.69) is 18.7 Å². The van der Waals surface area contributed by atoms with E-state index in [4.69, 9.17) is 9.47 Å². The molecule has 0 aromatic heterocycles. The Morgan fingerprint density at radius 2 is 1.80 bits per heavy atom. The molecule has 0 fully saturated rings. The number of benzene rings is 1. The quantitative estimate of drug-likeness (QED) is 0.775. The Kier molecular flexibility index (Phi) is 5.12. The normalized spacial score (nSPS) is 10.6. The van der Waals surface area contributed by atoms with Crippen LogP contribution in [-0.2, 0) is 0 Å². The average molecular weight is 224 g/mol. The molecule has 0 radical (unpaired) electrons. The van der Waals surface area contributed by atoms with Crippen molar-refractivity contribution in [1.82, 2.24) is 0 Å². The first-order valence-corrected chi connectivity index (χ1v) is 5.45. The minimum Gasteiger partial charge on any atom is -0.496 e. The van der Waals surface area contributed by atoms with E-state index in [9.17, 15) is 0 Å². The van der Waals surface area contributed by atoms with E-state index in [1.165, 1.54) is 0 Å². The van der Waals surface area contributed by atoms with Crippen molar-refractivity contribution in [1.29, 1.82) is 0 Å². The molecule has 0 aliphatic carbocycles. The third kappa shape index (κ3) is 3.20. The summed E-state index contributed by atoms with van der Waals surface area (Å²) >= 11 is 4.15. The molecule has 0 N–H and O–H groups in total. The van der Waals surface area contributed by atoms with Crippen LogP contribution in [0.5, 0.6) is 11.5 Å². The Morgan fingerprint density at radius 3 is 2.27 bits per heavy atom. The minimum absolute atomic E-state index is 0.824. The van der Waals surface area contributed by atoms with Gasteiger partial charge in [0, 0.05) is 0 Å². The van der Waals surface area contributed by atoms with Crippen LogP contribution in [0.3, 0.4) is 0 Å². The fraction of sp³-hybridized carbons (Fsp3) is 0.333. The summed E-state index contributed by atoms with van der Waals surface area (Å²) in [5, 5.41) is 0. The molecule has 1 aromatic carbocycles. The molecule has 0 aliphatic heterocycles. The van der Waals surface area contributed by atoms with E-state index in [1.807, 2.05) is 24.3 Å². The van der Waals surface area contributed by atoms with Gasteiger partial charge in [-0.25, -0.2) is 0 Å². The van der Waals surface area contributed by atoms with Crippen molar-refractivity contribution < 1.29 is 9.47 Å². The molecule has 2 nitrogen and oxygen atoms in total. The molecule has 0 unspecified atom stereocenters. The lowest BCUT2D eigenvalue weighted by atomic mass is 10.1. The Hall–Kier alpha value is -1.09. The second-order valence-corrected chi connectivity index (χ2v) is 3.44. The SMILES string of the molecule is COc1cccc(OC)c1C=CCCS. The molecule has 0 amide bonds. The summed E-state index contributed by atoms with van der Waals surface area (Å²) in [7, 11) is 3.31. The minimum atomic E-state index is 0.824. The number of hydrogen-bond donors (Lipinski definition) is 1. The van der Waals surface area contributed by atoms with Crippen LogP contribution in [-0.4, -0.2) is 20.0 Å².